The second-order valence-corrected chi connectivity index (χ2v) is 5.79. The fourth-order valence-corrected chi connectivity index (χ4v) is 2.89. The molecule has 2 heterocycles. The van der Waals surface area contributed by atoms with E-state index in [-0.39, 0.29) is 45.9 Å². The summed E-state index contributed by atoms with van der Waals surface area (Å²) in [5.41, 5.74) is 20.9. The zero-order valence-corrected chi connectivity index (χ0v) is 14.2. The molecule has 3 rings (SSSR count). The second-order valence-electron chi connectivity index (χ2n) is 5.79. The first-order chi connectivity index (χ1) is 13.2. The molecule has 13 heteroatoms. The Morgan fingerprint density at radius 2 is 1.43 bits per heavy atom. The Labute approximate surface area is 155 Å². The van der Waals surface area contributed by atoms with Crippen LogP contribution in [0.5, 0.6) is 0 Å². The molecule has 10 N–H and O–H groups in total. The number of non-ortho nitro benzene ring substituents is 1. The number of rotatable bonds is 4. The number of aromatic nitrogens is 4. The number of nitrogens with one attached hydrogen (secondary N) is 2. The van der Waals surface area contributed by atoms with E-state index in [2.05, 4.69) is 19.9 Å². The van der Waals surface area contributed by atoms with Crippen molar-refractivity contribution in [3.63, 3.8) is 0 Å². The Morgan fingerprint density at radius 1 is 0.929 bits per heavy atom. The van der Waals surface area contributed by atoms with E-state index < -0.39 is 22.0 Å². The van der Waals surface area contributed by atoms with Crippen molar-refractivity contribution < 1.29 is 4.92 Å². The van der Waals surface area contributed by atoms with Gasteiger partial charge in [-0.05, 0) is 5.56 Å². The van der Waals surface area contributed by atoms with Gasteiger partial charge >= 0.3 is 0 Å². The largest absolute Gasteiger partial charge is 0.383 e. The summed E-state index contributed by atoms with van der Waals surface area (Å²) in [6, 6.07) is 5.31. The van der Waals surface area contributed by atoms with Crippen LogP contribution in [0.4, 0.5) is 29.2 Å². The summed E-state index contributed by atoms with van der Waals surface area (Å²) >= 11 is 0. The highest BCUT2D eigenvalue weighted by Crippen LogP contribution is 2.34. The number of nitrogens with two attached hydrogens (primary N) is 4. The number of hydrogen-bond donors (Lipinski definition) is 6. The van der Waals surface area contributed by atoms with Crippen LogP contribution in [0.15, 0.2) is 33.9 Å². The highest BCUT2D eigenvalue weighted by molar-refractivity contribution is 5.58. The molecule has 0 unspecified atom stereocenters. The van der Waals surface area contributed by atoms with E-state index in [0.29, 0.717) is 0 Å². The minimum Gasteiger partial charge on any atom is -0.383 e. The number of nitro benzene ring substituents is 1. The number of aromatic amines is 2. The summed E-state index contributed by atoms with van der Waals surface area (Å²) in [5, 5.41) is 11.2. The van der Waals surface area contributed by atoms with Gasteiger partial charge in [-0.3, -0.25) is 29.7 Å². The molecule has 13 nitrogen and oxygen atoms in total. The second kappa shape index (κ2) is 6.71. The van der Waals surface area contributed by atoms with E-state index in [1.807, 2.05) is 0 Å². The maximum absolute atomic E-state index is 12.6. The van der Waals surface area contributed by atoms with Crippen LogP contribution in [0.2, 0.25) is 0 Å². The summed E-state index contributed by atoms with van der Waals surface area (Å²) < 4.78 is 0. The molecule has 0 radical (unpaired) electrons. The Morgan fingerprint density at radius 3 is 1.86 bits per heavy atom. The van der Waals surface area contributed by atoms with Crippen LogP contribution in [-0.4, -0.2) is 24.9 Å². The average Bonchev–Trinajstić information content (AvgIpc) is 2.58. The molecule has 144 valence electrons. The predicted molar refractivity (Wildman–Crippen MR) is 101 cm³/mol. The molecule has 28 heavy (non-hydrogen) atoms. The first-order valence-electron chi connectivity index (χ1n) is 7.73. The first-order valence-corrected chi connectivity index (χ1v) is 7.73. The molecule has 0 aliphatic heterocycles. The first kappa shape index (κ1) is 18.4. The van der Waals surface area contributed by atoms with E-state index in [9.17, 15) is 19.7 Å². The molecule has 0 aliphatic rings. The normalized spacial score (nSPS) is 10.9. The van der Waals surface area contributed by atoms with Gasteiger partial charge in [0, 0.05) is 12.1 Å². The van der Waals surface area contributed by atoms with Gasteiger partial charge in [0.2, 0.25) is 11.9 Å². The van der Waals surface area contributed by atoms with Crippen molar-refractivity contribution >= 4 is 29.2 Å². The number of nitrogens with zero attached hydrogens (tertiary/aromatic N) is 3. The predicted octanol–water partition coefficient (Wildman–Crippen LogP) is -0.730. The molecule has 3 aromatic rings. The smallest absolute Gasteiger partial charge is 0.269 e. The molecule has 0 amide bonds. The van der Waals surface area contributed by atoms with Crippen molar-refractivity contribution in [1.82, 2.24) is 19.9 Å². The molecule has 0 bridgehead atoms. The zero-order valence-electron chi connectivity index (χ0n) is 14.2. The van der Waals surface area contributed by atoms with Crippen molar-refractivity contribution in [3.8, 4) is 0 Å². The third kappa shape index (κ3) is 3.18. The fourth-order valence-electron chi connectivity index (χ4n) is 2.89. The molecule has 0 saturated carbocycles. The summed E-state index contributed by atoms with van der Waals surface area (Å²) in [6.07, 6.45) is 0. The van der Waals surface area contributed by atoms with Gasteiger partial charge in [0.1, 0.15) is 11.6 Å². The number of nitro groups is 1. The number of anilines is 4. The van der Waals surface area contributed by atoms with Crippen LogP contribution in [0.1, 0.15) is 22.6 Å². The lowest BCUT2D eigenvalue weighted by Crippen LogP contribution is -2.29. The molecular formula is C15H15N9O4. The number of benzene rings is 1. The van der Waals surface area contributed by atoms with Gasteiger partial charge in [0.05, 0.1) is 22.0 Å². The standard InChI is InChI=1S/C15H15N9O4/c16-10-8(12(25)22-14(18)20-10)7(5-2-1-3-6(4-5)24(27)28)9-11(17)21-15(19)23-13(9)26/h1-4,7H,(H5,16,18,20,22,25)(H5,17,19,21,23,26). The van der Waals surface area contributed by atoms with E-state index in [1.165, 1.54) is 24.3 Å². The van der Waals surface area contributed by atoms with Crippen molar-refractivity contribution in [2.45, 2.75) is 5.92 Å². The van der Waals surface area contributed by atoms with Crippen LogP contribution in [-0.2, 0) is 0 Å². The highest BCUT2D eigenvalue weighted by Gasteiger charge is 2.30. The van der Waals surface area contributed by atoms with Crippen molar-refractivity contribution in [1.29, 1.82) is 0 Å². The fraction of sp³-hybridized carbons (Fsp3) is 0.0667. The van der Waals surface area contributed by atoms with Gasteiger partial charge in [-0.25, -0.2) is 0 Å². The van der Waals surface area contributed by atoms with Gasteiger partial charge in [-0.2, -0.15) is 9.97 Å². The van der Waals surface area contributed by atoms with Crippen LogP contribution in [0.3, 0.4) is 0 Å². The third-order valence-electron chi connectivity index (χ3n) is 4.00. The van der Waals surface area contributed by atoms with Crippen molar-refractivity contribution in [2.24, 2.45) is 0 Å². The lowest BCUT2D eigenvalue weighted by molar-refractivity contribution is -0.384. The molecular weight excluding hydrogens is 370 g/mol. The number of nitrogen functional groups attached to an aromatic ring is 4. The molecule has 0 atom stereocenters. The van der Waals surface area contributed by atoms with E-state index in [4.69, 9.17) is 22.9 Å². The van der Waals surface area contributed by atoms with E-state index in [0.717, 1.165) is 0 Å². The summed E-state index contributed by atoms with van der Waals surface area (Å²) in [4.78, 5) is 47.9. The lowest BCUT2D eigenvalue weighted by Gasteiger charge is -2.19. The highest BCUT2D eigenvalue weighted by atomic mass is 16.6. The summed E-state index contributed by atoms with van der Waals surface area (Å²) in [5.74, 6) is -2.22. The Bertz CT molecular complexity index is 1140. The molecule has 2 aromatic heterocycles. The van der Waals surface area contributed by atoms with E-state index in [1.54, 1.807) is 0 Å². The molecule has 0 aliphatic carbocycles. The quantitative estimate of drug-likeness (QED) is 0.243. The van der Waals surface area contributed by atoms with Crippen LogP contribution in [0.25, 0.3) is 0 Å². The molecule has 0 saturated heterocycles. The van der Waals surface area contributed by atoms with Crippen molar-refractivity contribution in [2.75, 3.05) is 22.9 Å². The Balaban J connectivity index is 2.40. The van der Waals surface area contributed by atoms with Gasteiger partial charge in [-0.1, -0.05) is 12.1 Å². The number of H-pyrrole nitrogens is 2. The Hall–Kier alpha value is -4.42. The summed E-state index contributed by atoms with van der Waals surface area (Å²) in [6.45, 7) is 0. The van der Waals surface area contributed by atoms with E-state index >= 15 is 0 Å². The minimum absolute atomic E-state index is 0.168. The Kier molecular flexibility index (Phi) is 4.40. The zero-order chi connectivity index (χ0) is 20.6. The molecule has 0 spiro atoms. The topological polar surface area (TPSA) is 239 Å². The summed E-state index contributed by atoms with van der Waals surface area (Å²) in [7, 11) is 0. The molecule has 0 fully saturated rings. The van der Waals surface area contributed by atoms with Gasteiger partial charge in [-0.15, -0.1) is 0 Å². The van der Waals surface area contributed by atoms with Crippen LogP contribution >= 0.6 is 0 Å². The molecule has 1 aromatic carbocycles. The van der Waals surface area contributed by atoms with Crippen LogP contribution in [0, 0.1) is 10.1 Å². The maximum atomic E-state index is 12.6. The maximum Gasteiger partial charge on any atom is 0.269 e. The number of hydrogen-bond acceptors (Lipinski definition) is 10. The van der Waals surface area contributed by atoms with Gasteiger partial charge < -0.3 is 22.9 Å². The third-order valence-corrected chi connectivity index (χ3v) is 4.00. The SMILES string of the molecule is Nc1nc(N)c(C(c2cccc([N+](=O)[O-])c2)c2c(N)nc(N)[nH]c2=O)c(=O)[nH]1. The van der Waals surface area contributed by atoms with Crippen LogP contribution < -0.4 is 34.1 Å². The minimum atomic E-state index is -1.21. The monoisotopic (exact) mass is 385 g/mol. The lowest BCUT2D eigenvalue weighted by atomic mass is 9.86. The van der Waals surface area contributed by atoms with Crippen molar-refractivity contribution in [3.05, 3.63) is 71.8 Å². The van der Waals surface area contributed by atoms with Gasteiger partial charge in [0.25, 0.3) is 16.8 Å². The average molecular weight is 385 g/mol. The van der Waals surface area contributed by atoms with Gasteiger partial charge in [0.15, 0.2) is 0 Å².